The Hall–Kier alpha value is -0.00351. The van der Waals surface area contributed by atoms with E-state index in [1.165, 1.54) is 6.92 Å². The van der Waals surface area contributed by atoms with Gasteiger partial charge in [0.2, 0.25) is 0 Å². The van der Waals surface area contributed by atoms with Crippen LogP contribution in [-0.4, -0.2) is 0 Å². The Morgan fingerprint density at radius 3 is 1.75 bits per heavy atom. The van der Waals surface area contributed by atoms with Gasteiger partial charge in [-0.15, -0.1) is 0 Å². The van der Waals surface area contributed by atoms with E-state index >= 15 is 0 Å². The molecule has 0 aliphatic carbocycles. The van der Waals surface area contributed by atoms with Crippen molar-refractivity contribution >= 4 is 0 Å². The van der Waals surface area contributed by atoms with Crippen molar-refractivity contribution in [1.82, 2.24) is 0 Å². The summed E-state index contributed by atoms with van der Waals surface area (Å²) >= 11 is 0. The van der Waals surface area contributed by atoms with Gasteiger partial charge in [-0.05, 0) is 0 Å². The molecule has 0 saturated heterocycles. The van der Waals surface area contributed by atoms with Gasteiger partial charge in [0.05, 0.1) is 6.07 Å². The standard InChI is InChI=1S/C2H3N.Co/c1-2-3;/h1H3;/q;+3. The second-order valence-electron chi connectivity index (χ2n) is 0.224. The zero-order chi connectivity index (χ0) is 2.71. The minimum Gasteiger partial charge on any atom is -0.199 e. The fraction of sp³-hybridized carbons (Fsp3) is 0.500. The van der Waals surface area contributed by atoms with Gasteiger partial charge in [-0.3, -0.25) is 0 Å². The van der Waals surface area contributed by atoms with E-state index in [-0.39, 0.29) is 16.8 Å². The minimum absolute atomic E-state index is 0. The van der Waals surface area contributed by atoms with Crippen LogP contribution in [0.4, 0.5) is 0 Å². The summed E-state index contributed by atoms with van der Waals surface area (Å²) in [5.74, 6) is 0. The molecule has 0 aromatic heterocycles. The van der Waals surface area contributed by atoms with Crippen molar-refractivity contribution in [3.8, 4) is 6.07 Å². The van der Waals surface area contributed by atoms with E-state index in [9.17, 15) is 0 Å². The van der Waals surface area contributed by atoms with Gasteiger partial charge in [0, 0.05) is 6.92 Å². The molecule has 2 heteroatoms. The predicted molar refractivity (Wildman–Crippen MR) is 11.3 cm³/mol. The molecule has 0 aromatic carbocycles. The van der Waals surface area contributed by atoms with Crippen LogP contribution >= 0.6 is 0 Å². The van der Waals surface area contributed by atoms with Gasteiger partial charge in [0.15, 0.2) is 0 Å². The van der Waals surface area contributed by atoms with Gasteiger partial charge in [-0.2, -0.15) is 5.26 Å². The van der Waals surface area contributed by atoms with Crippen molar-refractivity contribution in [2.75, 3.05) is 0 Å². The van der Waals surface area contributed by atoms with Gasteiger partial charge in [-0.25, -0.2) is 0 Å². The van der Waals surface area contributed by atoms with Crippen molar-refractivity contribution in [1.29, 1.82) is 5.26 Å². The van der Waals surface area contributed by atoms with Crippen molar-refractivity contribution in [2.24, 2.45) is 0 Å². The van der Waals surface area contributed by atoms with Crippen LogP contribution in [0.1, 0.15) is 6.92 Å². The molecule has 22 valence electrons. The molecular weight excluding hydrogens is 97.0 g/mol. The normalized spacial score (nSPS) is 2.00. The van der Waals surface area contributed by atoms with E-state index in [0.717, 1.165) is 0 Å². The molecule has 1 nitrogen and oxygen atoms in total. The predicted octanol–water partition coefficient (Wildman–Crippen LogP) is 0.527. The molecule has 0 aliphatic rings. The summed E-state index contributed by atoms with van der Waals surface area (Å²) in [6.07, 6.45) is 0. The second kappa shape index (κ2) is 12.0. The average Bonchev–Trinajstić information content (AvgIpc) is 0.918. The summed E-state index contributed by atoms with van der Waals surface area (Å²) in [5.41, 5.74) is 0. The molecule has 0 bridgehead atoms. The third kappa shape index (κ3) is 161000. The number of rotatable bonds is 0. The van der Waals surface area contributed by atoms with Gasteiger partial charge in [-0.1, -0.05) is 0 Å². The van der Waals surface area contributed by atoms with E-state index in [1.54, 1.807) is 6.07 Å². The minimum atomic E-state index is 0. The van der Waals surface area contributed by atoms with Crippen LogP contribution in [0.25, 0.3) is 0 Å². The summed E-state index contributed by atoms with van der Waals surface area (Å²) in [7, 11) is 0. The van der Waals surface area contributed by atoms with Gasteiger partial charge in [0.1, 0.15) is 0 Å². The number of nitrogens with zero attached hydrogens (tertiary/aromatic N) is 1. The first-order valence-electron chi connectivity index (χ1n) is 0.724. The van der Waals surface area contributed by atoms with Crippen molar-refractivity contribution in [3.05, 3.63) is 0 Å². The molecule has 0 amide bonds. The molecule has 0 radical (unpaired) electrons. The Kier molecular flexibility index (Phi) is 27.1. The van der Waals surface area contributed by atoms with Gasteiger partial charge >= 0.3 is 16.8 Å². The van der Waals surface area contributed by atoms with Crippen LogP contribution in [0.3, 0.4) is 0 Å². The van der Waals surface area contributed by atoms with Crippen molar-refractivity contribution in [3.63, 3.8) is 0 Å². The monoisotopic (exact) mass is 100.0 g/mol. The molecular formula is C2H3CoN+3. The molecule has 0 unspecified atom stereocenters. The van der Waals surface area contributed by atoms with Crippen LogP contribution in [0, 0.1) is 11.3 Å². The van der Waals surface area contributed by atoms with Gasteiger partial charge in [0.25, 0.3) is 0 Å². The quantitative estimate of drug-likeness (QED) is 0.435. The maximum atomic E-state index is 7.32. The molecule has 0 atom stereocenters. The Morgan fingerprint density at radius 2 is 1.75 bits per heavy atom. The first-order chi connectivity index (χ1) is 1.41. The Balaban J connectivity index is 0. The van der Waals surface area contributed by atoms with Crippen molar-refractivity contribution in [2.45, 2.75) is 6.92 Å². The smallest absolute Gasteiger partial charge is 0.199 e. The Bertz CT molecular complexity index is 27.5. The zero-order valence-corrected chi connectivity index (χ0v) is 3.32. The van der Waals surface area contributed by atoms with Crippen LogP contribution in [-0.2, 0) is 16.8 Å². The summed E-state index contributed by atoms with van der Waals surface area (Å²) in [4.78, 5) is 0. The van der Waals surface area contributed by atoms with E-state index in [4.69, 9.17) is 5.26 Å². The van der Waals surface area contributed by atoms with E-state index in [0.29, 0.717) is 0 Å². The Labute approximate surface area is 35.8 Å². The van der Waals surface area contributed by atoms with E-state index in [2.05, 4.69) is 0 Å². The summed E-state index contributed by atoms with van der Waals surface area (Å²) < 4.78 is 0. The number of hydrogen-bond donors (Lipinski definition) is 0. The molecule has 0 aromatic rings. The van der Waals surface area contributed by atoms with E-state index in [1.807, 2.05) is 0 Å². The third-order valence-corrected chi connectivity index (χ3v) is 0. The fourth-order valence-corrected chi connectivity index (χ4v) is 0. The molecule has 0 saturated carbocycles. The fourth-order valence-electron chi connectivity index (χ4n) is 0. The summed E-state index contributed by atoms with van der Waals surface area (Å²) in [6.45, 7) is 1.43. The first-order valence-corrected chi connectivity index (χ1v) is 0.724. The molecule has 0 N–H and O–H groups in total. The molecule has 0 heterocycles. The SMILES string of the molecule is CC#N.[Co+3]. The number of nitriles is 1. The van der Waals surface area contributed by atoms with Crippen LogP contribution in [0.2, 0.25) is 0 Å². The zero-order valence-electron chi connectivity index (χ0n) is 2.28. The first kappa shape index (κ1) is 9.00. The summed E-state index contributed by atoms with van der Waals surface area (Å²) in [6, 6.07) is 1.75. The molecule has 0 spiro atoms. The topological polar surface area (TPSA) is 23.8 Å². The third-order valence-electron chi connectivity index (χ3n) is 0. The molecule has 0 rings (SSSR count). The van der Waals surface area contributed by atoms with Crippen molar-refractivity contribution < 1.29 is 16.8 Å². The molecule has 0 aliphatic heterocycles. The van der Waals surface area contributed by atoms with Gasteiger partial charge < -0.3 is 0 Å². The van der Waals surface area contributed by atoms with Crippen LogP contribution < -0.4 is 0 Å². The largest absolute Gasteiger partial charge is 3.00 e. The second-order valence-corrected chi connectivity index (χ2v) is 0.224. The van der Waals surface area contributed by atoms with E-state index < -0.39 is 0 Å². The average molecular weight is 100.0 g/mol. The maximum Gasteiger partial charge on any atom is 3.00 e. The molecule has 0 fully saturated rings. The Morgan fingerprint density at radius 1 is 1.75 bits per heavy atom. The van der Waals surface area contributed by atoms with Crippen LogP contribution in [0.15, 0.2) is 0 Å². The maximum absolute atomic E-state index is 7.32. The number of hydrogen-bond acceptors (Lipinski definition) is 1. The molecule has 4 heavy (non-hydrogen) atoms. The van der Waals surface area contributed by atoms with Crippen LogP contribution in [0.5, 0.6) is 0 Å². The summed E-state index contributed by atoms with van der Waals surface area (Å²) in [5, 5.41) is 7.32.